The van der Waals surface area contributed by atoms with Gasteiger partial charge in [-0.2, -0.15) is 4.31 Å². The van der Waals surface area contributed by atoms with Crippen molar-refractivity contribution < 1.29 is 23.4 Å². The molecule has 0 bridgehead atoms. The van der Waals surface area contributed by atoms with E-state index in [0.29, 0.717) is 12.8 Å². The van der Waals surface area contributed by atoms with Gasteiger partial charge in [-0.1, -0.05) is 12.8 Å². The van der Waals surface area contributed by atoms with Gasteiger partial charge in [0.15, 0.2) is 0 Å². The molecule has 0 saturated heterocycles. The predicted octanol–water partition coefficient (Wildman–Crippen LogP) is 2.13. The van der Waals surface area contributed by atoms with Gasteiger partial charge in [-0.3, -0.25) is 0 Å². The van der Waals surface area contributed by atoms with Crippen molar-refractivity contribution in [2.24, 2.45) is 0 Å². The minimum Gasteiger partial charge on any atom is -0.477 e. The van der Waals surface area contributed by atoms with Crippen LogP contribution in [0.5, 0.6) is 0 Å². The number of aromatic carboxylic acids is 1. The van der Waals surface area contributed by atoms with Gasteiger partial charge in [0.05, 0.1) is 9.39 Å². The molecular formula is C12H16BrNO5S2. The molecule has 1 heterocycles. The summed E-state index contributed by atoms with van der Waals surface area (Å²) < 4.78 is 26.4. The zero-order valence-corrected chi connectivity index (χ0v) is 14.6. The van der Waals surface area contributed by atoms with E-state index in [1.54, 1.807) is 0 Å². The van der Waals surface area contributed by atoms with Crippen molar-refractivity contribution in [1.82, 2.24) is 4.31 Å². The molecule has 6 nitrogen and oxygen atoms in total. The van der Waals surface area contributed by atoms with E-state index in [2.05, 4.69) is 15.9 Å². The third kappa shape index (κ3) is 3.48. The Hall–Kier alpha value is -0.480. The molecule has 9 heteroatoms. The number of rotatable bonds is 5. The van der Waals surface area contributed by atoms with E-state index in [-0.39, 0.29) is 20.1 Å². The Morgan fingerprint density at radius 2 is 2.05 bits per heavy atom. The molecule has 2 N–H and O–H groups in total. The first kappa shape index (κ1) is 16.9. The highest BCUT2D eigenvalue weighted by atomic mass is 79.9. The molecule has 1 fully saturated rings. The lowest BCUT2D eigenvalue weighted by atomic mass is 10.0. The van der Waals surface area contributed by atoms with Crippen LogP contribution in [0.4, 0.5) is 0 Å². The fraction of sp³-hybridized carbons (Fsp3) is 0.583. The first-order valence-corrected chi connectivity index (χ1v) is 9.42. The van der Waals surface area contributed by atoms with Crippen molar-refractivity contribution in [3.05, 3.63) is 14.7 Å². The van der Waals surface area contributed by atoms with Crippen LogP contribution in [0.15, 0.2) is 14.7 Å². The summed E-state index contributed by atoms with van der Waals surface area (Å²) in [5, 5.41) is 19.3. The molecule has 1 saturated carbocycles. The molecule has 21 heavy (non-hydrogen) atoms. The Balaban J connectivity index is 2.26. The van der Waals surface area contributed by atoms with Gasteiger partial charge in [-0.05, 0) is 34.8 Å². The topological polar surface area (TPSA) is 94.9 Å². The van der Waals surface area contributed by atoms with Crippen LogP contribution in [-0.4, -0.2) is 48.1 Å². The number of thiophene rings is 1. The van der Waals surface area contributed by atoms with Gasteiger partial charge >= 0.3 is 5.97 Å². The summed E-state index contributed by atoms with van der Waals surface area (Å²) in [6.07, 6.45) is 2.93. The summed E-state index contributed by atoms with van der Waals surface area (Å²) in [5.41, 5.74) is -0.986. The number of hydrogen-bond acceptors (Lipinski definition) is 5. The molecule has 1 aliphatic rings. The third-order valence-corrected chi connectivity index (χ3v) is 7.65. The minimum absolute atomic E-state index is 0.0139. The summed E-state index contributed by atoms with van der Waals surface area (Å²) in [4.78, 5) is 10.8. The van der Waals surface area contributed by atoms with Crippen LogP contribution in [0.3, 0.4) is 0 Å². The summed E-state index contributed by atoms with van der Waals surface area (Å²) in [6.45, 7) is 0.0139. The van der Waals surface area contributed by atoms with Crippen molar-refractivity contribution in [2.45, 2.75) is 36.2 Å². The lowest BCUT2D eigenvalue weighted by molar-refractivity contribution is 0.0333. The second-order valence-corrected chi connectivity index (χ2v) is 9.63. The molecule has 118 valence electrons. The first-order valence-electron chi connectivity index (χ1n) is 6.37. The zero-order chi connectivity index (χ0) is 15.8. The number of aliphatic hydroxyl groups is 1. The maximum atomic E-state index is 12.5. The van der Waals surface area contributed by atoms with Crippen LogP contribution in [0.1, 0.15) is 35.4 Å². The minimum atomic E-state index is -3.83. The number of halogens is 1. The van der Waals surface area contributed by atoms with Crippen molar-refractivity contribution in [1.29, 1.82) is 0 Å². The Labute approximate surface area is 135 Å². The molecule has 0 amide bonds. The number of hydrogen-bond donors (Lipinski definition) is 2. The van der Waals surface area contributed by atoms with E-state index in [9.17, 15) is 18.3 Å². The quantitative estimate of drug-likeness (QED) is 0.793. The lowest BCUT2D eigenvalue weighted by Crippen LogP contribution is -2.41. The standard InChI is InChI=1S/C12H16BrNO5S2/c1-14(7-12(17)4-2-3-5-12)21(18,19)9-6-8(11(15)16)20-10(9)13/h6,17H,2-5,7H2,1H3,(H,15,16). The SMILES string of the molecule is CN(CC1(O)CCCC1)S(=O)(=O)c1cc(C(=O)O)sc1Br. The van der Waals surface area contributed by atoms with Crippen LogP contribution < -0.4 is 0 Å². The van der Waals surface area contributed by atoms with Gasteiger partial charge in [0.2, 0.25) is 10.0 Å². The monoisotopic (exact) mass is 397 g/mol. The molecule has 0 radical (unpaired) electrons. The summed E-state index contributed by atoms with van der Waals surface area (Å²) in [7, 11) is -2.44. The highest BCUT2D eigenvalue weighted by molar-refractivity contribution is 9.11. The van der Waals surface area contributed by atoms with Gasteiger partial charge in [0, 0.05) is 13.6 Å². The average Bonchev–Trinajstić information content (AvgIpc) is 2.96. The third-order valence-electron chi connectivity index (χ3n) is 3.61. The van der Waals surface area contributed by atoms with Crippen molar-refractivity contribution >= 4 is 43.3 Å². The highest BCUT2D eigenvalue weighted by Crippen LogP contribution is 2.35. The fourth-order valence-electron chi connectivity index (χ4n) is 2.49. The van der Waals surface area contributed by atoms with Gasteiger partial charge in [-0.15, -0.1) is 11.3 Å². The molecule has 0 aromatic carbocycles. The number of likely N-dealkylation sites (N-methyl/N-ethyl adjacent to an activating group) is 1. The van der Waals surface area contributed by atoms with E-state index in [0.717, 1.165) is 34.6 Å². The lowest BCUT2D eigenvalue weighted by Gasteiger charge is -2.27. The Morgan fingerprint density at radius 3 is 2.52 bits per heavy atom. The average molecular weight is 398 g/mol. The summed E-state index contributed by atoms with van der Waals surface area (Å²) in [5.74, 6) is -1.17. The summed E-state index contributed by atoms with van der Waals surface area (Å²) >= 11 is 3.96. The first-order chi connectivity index (χ1) is 9.66. The molecule has 0 aliphatic heterocycles. The van der Waals surface area contributed by atoms with Crippen LogP contribution in [0, 0.1) is 0 Å². The van der Waals surface area contributed by atoms with Gasteiger partial charge < -0.3 is 10.2 Å². The molecule has 1 aliphatic carbocycles. The van der Waals surface area contributed by atoms with Gasteiger partial charge in [0.25, 0.3) is 0 Å². The predicted molar refractivity (Wildman–Crippen MR) is 82.2 cm³/mol. The molecule has 2 rings (SSSR count). The van der Waals surface area contributed by atoms with Gasteiger partial charge in [0.1, 0.15) is 9.77 Å². The maximum Gasteiger partial charge on any atom is 0.345 e. The van der Waals surface area contributed by atoms with Gasteiger partial charge in [-0.25, -0.2) is 13.2 Å². The summed E-state index contributed by atoms with van der Waals surface area (Å²) in [6, 6.07) is 1.14. The Bertz CT molecular complexity index is 649. The largest absolute Gasteiger partial charge is 0.477 e. The number of sulfonamides is 1. The smallest absolute Gasteiger partial charge is 0.345 e. The number of carboxylic acid groups (broad SMARTS) is 1. The van der Waals surface area contributed by atoms with Crippen molar-refractivity contribution in [2.75, 3.05) is 13.6 Å². The Morgan fingerprint density at radius 1 is 1.48 bits per heavy atom. The second-order valence-electron chi connectivity index (χ2n) is 5.25. The van der Waals surface area contributed by atoms with Crippen molar-refractivity contribution in [3.8, 4) is 0 Å². The molecule has 0 atom stereocenters. The Kier molecular flexibility index (Phi) is 4.79. The number of carbonyl (C=O) groups is 1. The van der Waals surface area contributed by atoms with E-state index in [4.69, 9.17) is 5.11 Å². The normalized spacial score (nSPS) is 18.3. The van der Waals surface area contributed by atoms with E-state index >= 15 is 0 Å². The van der Waals surface area contributed by atoms with Crippen molar-refractivity contribution in [3.63, 3.8) is 0 Å². The van der Waals surface area contributed by atoms with Crippen LogP contribution >= 0.6 is 27.3 Å². The zero-order valence-electron chi connectivity index (χ0n) is 11.4. The van der Waals surface area contributed by atoms with E-state index in [1.807, 2.05) is 0 Å². The second kappa shape index (κ2) is 5.96. The molecule has 1 aromatic rings. The van der Waals surface area contributed by atoms with Crippen LogP contribution in [0.2, 0.25) is 0 Å². The molecular weight excluding hydrogens is 382 g/mol. The molecule has 1 aromatic heterocycles. The fourth-order valence-corrected chi connectivity index (χ4v) is 6.09. The molecule has 0 spiro atoms. The number of carboxylic acids is 1. The maximum absolute atomic E-state index is 12.5. The van der Waals surface area contributed by atoms with Crippen LogP contribution in [-0.2, 0) is 10.0 Å². The molecule has 0 unspecified atom stereocenters. The van der Waals surface area contributed by atoms with E-state index in [1.165, 1.54) is 7.05 Å². The highest BCUT2D eigenvalue weighted by Gasteiger charge is 2.37. The van der Waals surface area contributed by atoms with E-state index < -0.39 is 21.6 Å². The number of nitrogens with zero attached hydrogens (tertiary/aromatic N) is 1. The van der Waals surface area contributed by atoms with Crippen LogP contribution in [0.25, 0.3) is 0 Å².